The maximum atomic E-state index is 12.2. The number of aromatic nitrogens is 3. The fourth-order valence-corrected chi connectivity index (χ4v) is 2.50. The number of amides is 1. The number of aromatic amines is 2. The van der Waals surface area contributed by atoms with Crippen molar-refractivity contribution < 1.29 is 9.21 Å². The summed E-state index contributed by atoms with van der Waals surface area (Å²) < 4.78 is 5.49. The first kappa shape index (κ1) is 15.8. The van der Waals surface area contributed by atoms with Crippen LogP contribution in [-0.4, -0.2) is 21.1 Å². The Labute approximate surface area is 138 Å². The Morgan fingerprint density at radius 2 is 2.04 bits per heavy atom. The molecule has 0 atom stereocenters. The first-order valence-electron chi connectivity index (χ1n) is 7.54. The van der Waals surface area contributed by atoms with Crippen LogP contribution in [0.25, 0.3) is 11.5 Å². The average molecular weight is 326 g/mol. The number of carbonyl (C=O) groups is 1. The van der Waals surface area contributed by atoms with E-state index in [1.807, 2.05) is 32.9 Å². The summed E-state index contributed by atoms with van der Waals surface area (Å²) in [6.07, 6.45) is 0. The summed E-state index contributed by atoms with van der Waals surface area (Å²) in [6.45, 7) is 5.64. The molecule has 3 rings (SSSR count). The number of hydrogen-bond acceptors (Lipinski definition) is 4. The zero-order valence-corrected chi connectivity index (χ0v) is 13.7. The summed E-state index contributed by atoms with van der Waals surface area (Å²) in [4.78, 5) is 26.9. The summed E-state index contributed by atoms with van der Waals surface area (Å²) in [5, 5.41) is 9.48. The SMILES string of the molecule is Cc1cc(C)c(CNC(=O)c2cc(-c3ccc(C)o3)[nH]n2)c(=O)[nH]1. The zero-order chi connectivity index (χ0) is 17.3. The molecule has 7 nitrogen and oxygen atoms in total. The minimum atomic E-state index is -0.361. The number of nitrogens with zero attached hydrogens (tertiary/aromatic N) is 1. The van der Waals surface area contributed by atoms with Crippen LogP contribution in [-0.2, 0) is 6.54 Å². The zero-order valence-electron chi connectivity index (χ0n) is 13.7. The lowest BCUT2D eigenvalue weighted by atomic mass is 10.1. The molecular weight excluding hydrogens is 308 g/mol. The number of aryl methyl sites for hydroxylation is 3. The van der Waals surface area contributed by atoms with Crippen LogP contribution in [0.5, 0.6) is 0 Å². The highest BCUT2D eigenvalue weighted by atomic mass is 16.3. The maximum Gasteiger partial charge on any atom is 0.272 e. The van der Waals surface area contributed by atoms with Gasteiger partial charge in [-0.15, -0.1) is 0 Å². The number of rotatable bonds is 4. The second-order valence-corrected chi connectivity index (χ2v) is 5.70. The van der Waals surface area contributed by atoms with Crippen LogP contribution in [0.1, 0.15) is 33.1 Å². The quantitative estimate of drug-likeness (QED) is 0.684. The normalized spacial score (nSPS) is 10.8. The third-order valence-electron chi connectivity index (χ3n) is 3.74. The van der Waals surface area contributed by atoms with E-state index in [2.05, 4.69) is 20.5 Å². The average Bonchev–Trinajstić information content (AvgIpc) is 3.14. The van der Waals surface area contributed by atoms with Crippen LogP contribution < -0.4 is 10.9 Å². The lowest BCUT2D eigenvalue weighted by Gasteiger charge is -2.06. The highest BCUT2D eigenvalue weighted by molar-refractivity contribution is 5.93. The van der Waals surface area contributed by atoms with Crippen LogP contribution in [0.2, 0.25) is 0 Å². The molecule has 3 N–H and O–H groups in total. The molecule has 0 aliphatic rings. The predicted octanol–water partition coefficient (Wildman–Crippen LogP) is 2.21. The molecule has 3 aromatic rings. The van der Waals surface area contributed by atoms with Gasteiger partial charge in [-0.25, -0.2) is 0 Å². The van der Waals surface area contributed by atoms with E-state index < -0.39 is 0 Å². The van der Waals surface area contributed by atoms with Gasteiger partial charge in [-0.2, -0.15) is 5.10 Å². The fraction of sp³-hybridized carbons (Fsp3) is 0.235. The second-order valence-electron chi connectivity index (χ2n) is 5.70. The Balaban J connectivity index is 1.72. The van der Waals surface area contributed by atoms with Gasteiger partial charge in [-0.3, -0.25) is 14.7 Å². The summed E-state index contributed by atoms with van der Waals surface area (Å²) in [5.41, 5.74) is 2.83. The highest BCUT2D eigenvalue weighted by Gasteiger charge is 2.14. The molecule has 0 spiro atoms. The molecule has 0 saturated heterocycles. The van der Waals surface area contributed by atoms with E-state index in [1.54, 1.807) is 12.1 Å². The van der Waals surface area contributed by atoms with Crippen LogP contribution in [0.4, 0.5) is 0 Å². The van der Waals surface area contributed by atoms with Crippen molar-refractivity contribution in [2.45, 2.75) is 27.3 Å². The number of carbonyl (C=O) groups excluding carboxylic acids is 1. The molecule has 0 aromatic carbocycles. The predicted molar refractivity (Wildman–Crippen MR) is 88.7 cm³/mol. The summed E-state index contributed by atoms with van der Waals surface area (Å²) in [6, 6.07) is 7.12. The molecule has 124 valence electrons. The van der Waals surface area contributed by atoms with Gasteiger partial charge in [0.05, 0.1) is 0 Å². The van der Waals surface area contributed by atoms with Gasteiger partial charge >= 0.3 is 0 Å². The van der Waals surface area contributed by atoms with E-state index in [9.17, 15) is 9.59 Å². The minimum Gasteiger partial charge on any atom is -0.460 e. The molecule has 3 heterocycles. The van der Waals surface area contributed by atoms with E-state index in [0.29, 0.717) is 17.0 Å². The van der Waals surface area contributed by atoms with Crippen LogP contribution in [0.3, 0.4) is 0 Å². The van der Waals surface area contributed by atoms with Gasteiger partial charge in [-0.05, 0) is 44.5 Å². The number of H-pyrrole nitrogens is 2. The molecular formula is C17H18N4O3. The summed E-state index contributed by atoms with van der Waals surface area (Å²) in [5.74, 6) is 1.03. The first-order valence-corrected chi connectivity index (χ1v) is 7.54. The van der Waals surface area contributed by atoms with E-state index >= 15 is 0 Å². The second kappa shape index (κ2) is 6.19. The Morgan fingerprint density at radius 1 is 1.25 bits per heavy atom. The Kier molecular flexibility index (Phi) is 4.07. The van der Waals surface area contributed by atoms with Crippen molar-refractivity contribution in [3.63, 3.8) is 0 Å². The summed E-state index contributed by atoms with van der Waals surface area (Å²) >= 11 is 0. The van der Waals surface area contributed by atoms with Crippen LogP contribution in [0, 0.1) is 20.8 Å². The van der Waals surface area contributed by atoms with E-state index in [1.165, 1.54) is 0 Å². The molecule has 0 saturated carbocycles. The van der Waals surface area contributed by atoms with Gasteiger partial charge < -0.3 is 14.7 Å². The fourth-order valence-electron chi connectivity index (χ4n) is 2.50. The van der Waals surface area contributed by atoms with Crippen molar-refractivity contribution in [3.8, 4) is 11.5 Å². The van der Waals surface area contributed by atoms with Crippen molar-refractivity contribution in [2.75, 3.05) is 0 Å². The molecule has 0 fully saturated rings. The number of nitrogens with one attached hydrogen (secondary N) is 3. The largest absolute Gasteiger partial charge is 0.460 e. The van der Waals surface area contributed by atoms with E-state index in [4.69, 9.17) is 4.42 Å². The molecule has 7 heteroatoms. The Hall–Kier alpha value is -3.09. The number of hydrogen-bond donors (Lipinski definition) is 3. The van der Waals surface area contributed by atoms with Crippen LogP contribution in [0.15, 0.2) is 33.5 Å². The molecule has 0 aliphatic carbocycles. The lowest BCUT2D eigenvalue weighted by molar-refractivity contribution is 0.0945. The summed E-state index contributed by atoms with van der Waals surface area (Å²) in [7, 11) is 0. The van der Waals surface area contributed by atoms with Crippen molar-refractivity contribution in [1.29, 1.82) is 0 Å². The van der Waals surface area contributed by atoms with Crippen LogP contribution >= 0.6 is 0 Å². The standard InChI is InChI=1S/C17H18N4O3/c1-9-6-10(2)19-16(22)12(9)8-18-17(23)14-7-13(20-21-14)15-5-4-11(3)24-15/h4-7H,8H2,1-3H3,(H,18,23)(H,19,22)(H,20,21). The Morgan fingerprint density at radius 3 is 2.71 bits per heavy atom. The van der Waals surface area contributed by atoms with Gasteiger partial charge in [-0.1, -0.05) is 0 Å². The van der Waals surface area contributed by atoms with Gasteiger partial charge in [0.1, 0.15) is 11.5 Å². The number of furan rings is 1. The molecule has 1 amide bonds. The first-order chi connectivity index (χ1) is 11.4. The third kappa shape index (κ3) is 3.15. The van der Waals surface area contributed by atoms with E-state index in [-0.39, 0.29) is 23.7 Å². The van der Waals surface area contributed by atoms with Gasteiger partial charge in [0.2, 0.25) is 0 Å². The van der Waals surface area contributed by atoms with E-state index in [0.717, 1.165) is 17.0 Å². The molecule has 24 heavy (non-hydrogen) atoms. The Bertz CT molecular complexity index is 949. The third-order valence-corrected chi connectivity index (χ3v) is 3.74. The lowest BCUT2D eigenvalue weighted by Crippen LogP contribution is -2.28. The monoisotopic (exact) mass is 326 g/mol. The minimum absolute atomic E-state index is 0.141. The maximum absolute atomic E-state index is 12.2. The van der Waals surface area contributed by atoms with Crippen molar-refractivity contribution in [2.24, 2.45) is 0 Å². The van der Waals surface area contributed by atoms with Crippen molar-refractivity contribution >= 4 is 5.91 Å². The molecule has 0 unspecified atom stereocenters. The molecule has 0 aliphatic heterocycles. The molecule has 0 radical (unpaired) electrons. The number of pyridine rings is 1. The topological polar surface area (TPSA) is 104 Å². The van der Waals surface area contributed by atoms with Gasteiger partial charge in [0, 0.05) is 23.9 Å². The van der Waals surface area contributed by atoms with Gasteiger partial charge in [0.25, 0.3) is 11.5 Å². The van der Waals surface area contributed by atoms with Crippen molar-refractivity contribution in [1.82, 2.24) is 20.5 Å². The smallest absolute Gasteiger partial charge is 0.272 e. The molecule has 3 aromatic heterocycles. The highest BCUT2D eigenvalue weighted by Crippen LogP contribution is 2.20. The van der Waals surface area contributed by atoms with Gasteiger partial charge in [0.15, 0.2) is 11.5 Å². The molecule has 0 bridgehead atoms. The van der Waals surface area contributed by atoms with Crippen molar-refractivity contribution in [3.05, 3.63) is 62.9 Å².